The molecule has 18 heavy (non-hydrogen) atoms. The van der Waals surface area contributed by atoms with Crippen LogP contribution in [0.5, 0.6) is 0 Å². The van der Waals surface area contributed by atoms with Gasteiger partial charge in [0.1, 0.15) is 0 Å². The Morgan fingerprint density at radius 2 is 2.00 bits per heavy atom. The zero-order chi connectivity index (χ0) is 12.6. The summed E-state index contributed by atoms with van der Waals surface area (Å²) in [4.78, 5) is 8.05. The molecule has 0 radical (unpaired) electrons. The Balaban J connectivity index is 1.61. The molecule has 1 saturated carbocycles. The Morgan fingerprint density at radius 3 is 2.72 bits per heavy atom. The van der Waals surface area contributed by atoms with Crippen molar-refractivity contribution >= 4 is 5.95 Å². The van der Waals surface area contributed by atoms with Gasteiger partial charge in [0.2, 0.25) is 5.95 Å². The summed E-state index contributed by atoms with van der Waals surface area (Å²) < 4.78 is 5.70. The molecule has 0 saturated heterocycles. The molecule has 1 aliphatic carbocycles. The van der Waals surface area contributed by atoms with E-state index < -0.39 is 6.10 Å². The van der Waals surface area contributed by atoms with Crippen molar-refractivity contribution in [3.8, 4) is 0 Å². The fraction of sp³-hybridized carbons (Fsp3) is 0.692. The van der Waals surface area contributed by atoms with Crippen LogP contribution in [0.25, 0.3) is 0 Å². The lowest BCUT2D eigenvalue weighted by molar-refractivity contribution is -0.0195. The highest BCUT2D eigenvalue weighted by atomic mass is 16.5. The van der Waals surface area contributed by atoms with E-state index in [9.17, 15) is 5.11 Å². The number of ether oxygens (including phenoxy) is 1. The van der Waals surface area contributed by atoms with Crippen molar-refractivity contribution in [2.45, 2.75) is 44.3 Å². The van der Waals surface area contributed by atoms with E-state index in [-0.39, 0.29) is 0 Å². The largest absolute Gasteiger partial charge is 0.389 e. The molecule has 5 heteroatoms. The second kappa shape index (κ2) is 7.28. The molecular formula is C13H21N3O2. The summed E-state index contributed by atoms with van der Waals surface area (Å²) in [5.41, 5.74) is 0. The summed E-state index contributed by atoms with van der Waals surface area (Å²) in [7, 11) is 0. The number of hydrogen-bond acceptors (Lipinski definition) is 5. The lowest BCUT2D eigenvalue weighted by Crippen LogP contribution is -2.29. The average Bonchev–Trinajstić information content (AvgIpc) is 2.45. The first-order chi connectivity index (χ1) is 8.84. The van der Waals surface area contributed by atoms with Crippen LogP contribution in [0.2, 0.25) is 0 Å². The summed E-state index contributed by atoms with van der Waals surface area (Å²) in [6.07, 6.45) is 9.21. The van der Waals surface area contributed by atoms with Gasteiger partial charge >= 0.3 is 0 Å². The Bertz CT molecular complexity index is 328. The third kappa shape index (κ3) is 4.58. The molecule has 0 spiro atoms. The van der Waals surface area contributed by atoms with Gasteiger partial charge in [0, 0.05) is 18.9 Å². The first-order valence-electron chi connectivity index (χ1n) is 6.65. The predicted octanol–water partition coefficient (Wildman–Crippen LogP) is 1.60. The van der Waals surface area contributed by atoms with Crippen LogP contribution in [-0.4, -0.2) is 40.4 Å². The van der Waals surface area contributed by atoms with E-state index in [1.165, 1.54) is 19.3 Å². The molecule has 0 amide bonds. The Hall–Kier alpha value is -1.20. The van der Waals surface area contributed by atoms with E-state index in [1.54, 1.807) is 18.5 Å². The van der Waals surface area contributed by atoms with Gasteiger partial charge < -0.3 is 15.2 Å². The highest BCUT2D eigenvalue weighted by molar-refractivity contribution is 5.21. The van der Waals surface area contributed by atoms with Crippen molar-refractivity contribution < 1.29 is 9.84 Å². The molecule has 1 unspecified atom stereocenters. The van der Waals surface area contributed by atoms with E-state index in [4.69, 9.17) is 4.74 Å². The van der Waals surface area contributed by atoms with Crippen LogP contribution in [0.3, 0.4) is 0 Å². The van der Waals surface area contributed by atoms with Gasteiger partial charge in [-0.05, 0) is 18.9 Å². The molecule has 0 bridgehead atoms. The number of nitrogens with one attached hydrogen (secondary N) is 1. The topological polar surface area (TPSA) is 67.3 Å². The van der Waals surface area contributed by atoms with E-state index in [2.05, 4.69) is 15.3 Å². The van der Waals surface area contributed by atoms with Crippen molar-refractivity contribution in [2.75, 3.05) is 18.5 Å². The zero-order valence-corrected chi connectivity index (χ0v) is 10.6. The summed E-state index contributed by atoms with van der Waals surface area (Å²) >= 11 is 0. The number of rotatable bonds is 6. The van der Waals surface area contributed by atoms with Gasteiger partial charge in [0.25, 0.3) is 0 Å². The van der Waals surface area contributed by atoms with Crippen molar-refractivity contribution in [1.29, 1.82) is 0 Å². The fourth-order valence-electron chi connectivity index (χ4n) is 2.14. The molecular weight excluding hydrogens is 230 g/mol. The van der Waals surface area contributed by atoms with Gasteiger partial charge in [-0.1, -0.05) is 19.3 Å². The normalized spacial score (nSPS) is 18.5. The highest BCUT2D eigenvalue weighted by Crippen LogP contribution is 2.20. The maximum absolute atomic E-state index is 9.80. The minimum atomic E-state index is -0.518. The Morgan fingerprint density at radius 1 is 1.28 bits per heavy atom. The molecule has 1 aromatic heterocycles. The van der Waals surface area contributed by atoms with Crippen molar-refractivity contribution in [2.24, 2.45) is 0 Å². The third-order valence-corrected chi connectivity index (χ3v) is 3.14. The Kier molecular flexibility index (Phi) is 5.36. The molecule has 100 valence electrons. The van der Waals surface area contributed by atoms with Crippen LogP contribution < -0.4 is 5.32 Å². The quantitative estimate of drug-likeness (QED) is 0.804. The molecule has 5 nitrogen and oxygen atoms in total. The predicted molar refractivity (Wildman–Crippen MR) is 69.4 cm³/mol. The summed E-state index contributed by atoms with van der Waals surface area (Å²) in [6, 6.07) is 1.76. The number of aliphatic hydroxyl groups excluding tert-OH is 1. The van der Waals surface area contributed by atoms with Gasteiger partial charge in [0.15, 0.2) is 0 Å². The first kappa shape index (κ1) is 13.2. The average molecular weight is 251 g/mol. The first-order valence-corrected chi connectivity index (χ1v) is 6.65. The number of hydrogen-bond donors (Lipinski definition) is 2. The van der Waals surface area contributed by atoms with Gasteiger partial charge in [-0.2, -0.15) is 0 Å². The van der Waals surface area contributed by atoms with Crippen molar-refractivity contribution in [3.05, 3.63) is 18.5 Å². The number of aromatic nitrogens is 2. The van der Waals surface area contributed by atoms with E-state index >= 15 is 0 Å². The van der Waals surface area contributed by atoms with Crippen LogP contribution in [0, 0.1) is 0 Å². The van der Waals surface area contributed by atoms with E-state index in [0.29, 0.717) is 25.2 Å². The number of nitrogens with zero attached hydrogens (tertiary/aromatic N) is 2. The molecule has 1 heterocycles. The monoisotopic (exact) mass is 251 g/mol. The molecule has 0 aliphatic heterocycles. The highest BCUT2D eigenvalue weighted by Gasteiger charge is 2.15. The molecule has 1 aliphatic rings. The maximum atomic E-state index is 9.80. The van der Waals surface area contributed by atoms with Crippen molar-refractivity contribution in [3.63, 3.8) is 0 Å². The van der Waals surface area contributed by atoms with E-state index in [0.717, 1.165) is 12.8 Å². The SMILES string of the molecule is OC(CNc1ncccn1)COC1CCCCC1. The van der Waals surface area contributed by atoms with Crippen LogP contribution in [-0.2, 0) is 4.74 Å². The maximum Gasteiger partial charge on any atom is 0.222 e. The summed E-state index contributed by atoms with van der Waals surface area (Å²) in [5, 5.41) is 12.8. The van der Waals surface area contributed by atoms with Gasteiger partial charge in [0.05, 0.1) is 18.8 Å². The summed E-state index contributed by atoms with van der Waals surface area (Å²) in [6.45, 7) is 0.793. The van der Waals surface area contributed by atoms with Gasteiger partial charge in [-0.15, -0.1) is 0 Å². The van der Waals surface area contributed by atoms with Crippen LogP contribution in [0.1, 0.15) is 32.1 Å². The fourth-order valence-corrected chi connectivity index (χ4v) is 2.14. The van der Waals surface area contributed by atoms with Crippen LogP contribution in [0.15, 0.2) is 18.5 Å². The van der Waals surface area contributed by atoms with E-state index in [1.807, 2.05) is 0 Å². The zero-order valence-electron chi connectivity index (χ0n) is 10.6. The number of anilines is 1. The van der Waals surface area contributed by atoms with Crippen LogP contribution in [0.4, 0.5) is 5.95 Å². The summed E-state index contributed by atoms with van der Waals surface area (Å²) in [5.74, 6) is 0.536. The lowest BCUT2D eigenvalue weighted by atomic mass is 9.98. The number of aliphatic hydroxyl groups is 1. The molecule has 1 fully saturated rings. The standard InChI is InChI=1S/C13H21N3O2/c17-11(9-16-13-14-7-4-8-15-13)10-18-12-5-2-1-3-6-12/h4,7-8,11-12,17H,1-3,5-6,9-10H2,(H,14,15,16). The van der Waals surface area contributed by atoms with Crippen LogP contribution >= 0.6 is 0 Å². The molecule has 1 atom stereocenters. The van der Waals surface area contributed by atoms with Gasteiger partial charge in [-0.3, -0.25) is 0 Å². The Labute approximate surface area is 108 Å². The van der Waals surface area contributed by atoms with Crippen molar-refractivity contribution in [1.82, 2.24) is 9.97 Å². The second-order valence-corrected chi connectivity index (χ2v) is 4.70. The minimum Gasteiger partial charge on any atom is -0.389 e. The molecule has 2 rings (SSSR count). The lowest BCUT2D eigenvalue weighted by Gasteiger charge is -2.23. The second-order valence-electron chi connectivity index (χ2n) is 4.70. The molecule has 1 aromatic rings. The van der Waals surface area contributed by atoms with Gasteiger partial charge in [-0.25, -0.2) is 9.97 Å². The molecule has 2 N–H and O–H groups in total. The third-order valence-electron chi connectivity index (χ3n) is 3.14. The smallest absolute Gasteiger partial charge is 0.222 e. The minimum absolute atomic E-state index is 0.335. The molecule has 0 aromatic carbocycles.